The van der Waals surface area contributed by atoms with E-state index in [9.17, 15) is 8.42 Å². The number of sulfone groups is 1. The van der Waals surface area contributed by atoms with Gasteiger partial charge in [0.25, 0.3) is 0 Å². The molecular weight excluding hydrogens is 234 g/mol. The Hall–Kier alpha value is 0.220. The normalized spacial score (nSPS) is 14.1. The number of rotatable bonds is 9. The molecule has 0 saturated carbocycles. The fraction of sp³-hybridized carbons (Fsp3) is 1.00. The number of nitrogens with one attached hydrogen (secondary N) is 1. The molecule has 0 amide bonds. The monoisotopic (exact) mass is 255 g/mol. The maximum Gasteiger partial charge on any atom is 0.148 e. The summed E-state index contributed by atoms with van der Waals surface area (Å²) in [6.07, 6.45) is 1.27. The van der Waals surface area contributed by atoms with Crippen molar-refractivity contribution >= 4 is 21.6 Å². The molecule has 0 aliphatic heterocycles. The minimum atomic E-state index is -2.82. The van der Waals surface area contributed by atoms with Gasteiger partial charge in [0.2, 0.25) is 0 Å². The van der Waals surface area contributed by atoms with Crippen molar-refractivity contribution in [3.05, 3.63) is 0 Å². The van der Waals surface area contributed by atoms with E-state index in [0.29, 0.717) is 18.4 Å². The summed E-state index contributed by atoms with van der Waals surface area (Å²) in [5.41, 5.74) is 0. The molecule has 0 aromatic heterocycles. The molecule has 1 atom stereocenters. The largest absolute Gasteiger partial charge is 0.383 e. The maximum absolute atomic E-state index is 10.9. The summed E-state index contributed by atoms with van der Waals surface area (Å²) in [5.74, 6) is 1.80. The van der Waals surface area contributed by atoms with Crippen LogP contribution in [0.4, 0.5) is 0 Å². The average Bonchev–Trinajstić information content (AvgIpc) is 2.11. The smallest absolute Gasteiger partial charge is 0.148 e. The van der Waals surface area contributed by atoms with Crippen LogP contribution in [0.5, 0.6) is 0 Å². The molecule has 0 saturated heterocycles. The summed E-state index contributed by atoms with van der Waals surface area (Å²) < 4.78 is 26.8. The van der Waals surface area contributed by atoms with E-state index in [1.54, 1.807) is 18.9 Å². The molecule has 0 spiro atoms. The lowest BCUT2D eigenvalue weighted by Crippen LogP contribution is -2.35. The van der Waals surface area contributed by atoms with Crippen LogP contribution in [0.3, 0.4) is 0 Å². The number of thioether (sulfide) groups is 1. The molecule has 0 radical (unpaired) electrons. The molecule has 4 nitrogen and oxygen atoms in total. The van der Waals surface area contributed by atoms with Gasteiger partial charge in [-0.2, -0.15) is 11.8 Å². The van der Waals surface area contributed by atoms with Crippen molar-refractivity contribution in [2.45, 2.75) is 13.0 Å². The first kappa shape index (κ1) is 15.2. The molecule has 0 bridgehead atoms. The molecule has 6 heteroatoms. The number of hydrogen-bond donors (Lipinski definition) is 1. The highest BCUT2D eigenvalue weighted by Gasteiger charge is 2.07. The standard InChI is InChI=1S/C9H21NO3S2/c1-4-10-9(7-13-2)8-14-5-6-15(3,11)12/h9-10H,4-8H2,1-3H3. The van der Waals surface area contributed by atoms with Crippen LogP contribution in [-0.2, 0) is 14.6 Å². The van der Waals surface area contributed by atoms with Gasteiger partial charge in [-0.1, -0.05) is 6.92 Å². The highest BCUT2D eigenvalue weighted by molar-refractivity contribution is 8.00. The molecule has 0 aromatic carbocycles. The Labute approximate surface area is 97.1 Å². The summed E-state index contributed by atoms with van der Waals surface area (Å²) in [6.45, 7) is 3.62. The van der Waals surface area contributed by atoms with E-state index in [1.165, 1.54) is 6.26 Å². The summed E-state index contributed by atoms with van der Waals surface area (Å²) in [4.78, 5) is 0. The van der Waals surface area contributed by atoms with E-state index in [4.69, 9.17) is 4.74 Å². The van der Waals surface area contributed by atoms with Crippen LogP contribution in [0.2, 0.25) is 0 Å². The van der Waals surface area contributed by atoms with Crippen molar-refractivity contribution in [2.75, 3.05) is 43.8 Å². The van der Waals surface area contributed by atoms with E-state index in [2.05, 4.69) is 5.32 Å². The highest BCUT2D eigenvalue weighted by atomic mass is 32.2. The Morgan fingerprint density at radius 1 is 1.47 bits per heavy atom. The van der Waals surface area contributed by atoms with Crippen LogP contribution in [0.25, 0.3) is 0 Å². The van der Waals surface area contributed by atoms with Crippen molar-refractivity contribution in [1.29, 1.82) is 0 Å². The van der Waals surface area contributed by atoms with Crippen LogP contribution < -0.4 is 5.32 Å². The van der Waals surface area contributed by atoms with Crippen molar-refractivity contribution in [3.8, 4) is 0 Å². The Morgan fingerprint density at radius 3 is 2.60 bits per heavy atom. The highest BCUT2D eigenvalue weighted by Crippen LogP contribution is 2.04. The quantitative estimate of drug-likeness (QED) is 0.604. The van der Waals surface area contributed by atoms with E-state index < -0.39 is 9.84 Å². The third-order valence-corrected chi connectivity index (χ3v) is 4.11. The fourth-order valence-electron chi connectivity index (χ4n) is 1.09. The van der Waals surface area contributed by atoms with Gasteiger partial charge in [0.15, 0.2) is 0 Å². The molecule has 92 valence electrons. The SMILES string of the molecule is CCNC(COC)CSCCS(C)(=O)=O. The molecule has 0 fully saturated rings. The van der Waals surface area contributed by atoms with Crippen molar-refractivity contribution in [1.82, 2.24) is 5.32 Å². The van der Waals surface area contributed by atoms with Crippen LogP contribution in [-0.4, -0.2) is 58.2 Å². The Bertz CT molecular complexity index is 236. The third-order valence-electron chi connectivity index (χ3n) is 1.78. The van der Waals surface area contributed by atoms with Crippen molar-refractivity contribution in [2.24, 2.45) is 0 Å². The first-order valence-corrected chi connectivity index (χ1v) is 8.19. The summed E-state index contributed by atoms with van der Waals surface area (Å²) in [5, 5.41) is 3.29. The molecule has 1 N–H and O–H groups in total. The number of ether oxygens (including phenoxy) is 1. The molecule has 15 heavy (non-hydrogen) atoms. The number of methoxy groups -OCH3 is 1. The maximum atomic E-state index is 10.9. The fourth-order valence-corrected chi connectivity index (χ4v) is 3.44. The second kappa shape index (κ2) is 8.38. The number of hydrogen-bond acceptors (Lipinski definition) is 5. The minimum Gasteiger partial charge on any atom is -0.383 e. The molecular formula is C9H21NO3S2. The lowest BCUT2D eigenvalue weighted by atomic mass is 10.3. The van der Waals surface area contributed by atoms with Crippen LogP contribution >= 0.6 is 11.8 Å². The first-order chi connectivity index (χ1) is 6.99. The van der Waals surface area contributed by atoms with Crippen molar-refractivity contribution < 1.29 is 13.2 Å². The van der Waals surface area contributed by atoms with Gasteiger partial charge in [0.1, 0.15) is 9.84 Å². The summed E-state index contributed by atoms with van der Waals surface area (Å²) >= 11 is 1.65. The lowest BCUT2D eigenvalue weighted by molar-refractivity contribution is 0.174. The van der Waals surface area contributed by atoms with Gasteiger partial charge in [-0.15, -0.1) is 0 Å². The van der Waals surface area contributed by atoms with Gasteiger partial charge >= 0.3 is 0 Å². The van der Waals surface area contributed by atoms with E-state index >= 15 is 0 Å². The van der Waals surface area contributed by atoms with Crippen LogP contribution in [0.1, 0.15) is 6.92 Å². The Morgan fingerprint density at radius 2 is 2.13 bits per heavy atom. The van der Waals surface area contributed by atoms with Gasteiger partial charge in [-0.3, -0.25) is 0 Å². The molecule has 0 aliphatic carbocycles. The molecule has 0 aliphatic rings. The molecule has 1 unspecified atom stereocenters. The predicted molar refractivity (Wildman–Crippen MR) is 66.4 cm³/mol. The van der Waals surface area contributed by atoms with Crippen molar-refractivity contribution in [3.63, 3.8) is 0 Å². The topological polar surface area (TPSA) is 55.4 Å². The summed E-state index contributed by atoms with van der Waals surface area (Å²) in [6, 6.07) is 0.310. The Balaban J connectivity index is 3.61. The zero-order valence-electron chi connectivity index (χ0n) is 9.65. The Kier molecular flexibility index (Phi) is 8.50. The third kappa shape index (κ3) is 10.5. The van der Waals surface area contributed by atoms with E-state index in [0.717, 1.165) is 12.3 Å². The zero-order valence-corrected chi connectivity index (χ0v) is 11.3. The van der Waals surface area contributed by atoms with Gasteiger partial charge in [0, 0.05) is 30.9 Å². The van der Waals surface area contributed by atoms with Crippen LogP contribution in [0.15, 0.2) is 0 Å². The predicted octanol–water partition coefficient (Wildman–Crippen LogP) is 0.389. The number of likely N-dealkylation sites (N-methyl/N-ethyl adjacent to an activating group) is 1. The van der Waals surface area contributed by atoms with Gasteiger partial charge < -0.3 is 10.1 Å². The molecule has 0 heterocycles. The first-order valence-electron chi connectivity index (χ1n) is 4.97. The van der Waals surface area contributed by atoms with Gasteiger partial charge in [0.05, 0.1) is 12.4 Å². The van der Waals surface area contributed by atoms with Crippen LogP contribution in [0, 0.1) is 0 Å². The summed E-state index contributed by atoms with van der Waals surface area (Å²) in [7, 11) is -1.15. The van der Waals surface area contributed by atoms with Gasteiger partial charge in [-0.05, 0) is 6.54 Å². The van der Waals surface area contributed by atoms with E-state index in [-0.39, 0.29) is 5.75 Å². The minimum absolute atomic E-state index is 0.253. The second-order valence-electron chi connectivity index (χ2n) is 3.41. The zero-order chi connectivity index (χ0) is 11.7. The second-order valence-corrected chi connectivity index (χ2v) is 6.82. The average molecular weight is 255 g/mol. The van der Waals surface area contributed by atoms with Gasteiger partial charge in [-0.25, -0.2) is 8.42 Å². The molecule has 0 aromatic rings. The lowest BCUT2D eigenvalue weighted by Gasteiger charge is -2.16. The molecule has 0 rings (SSSR count). The van der Waals surface area contributed by atoms with E-state index in [1.807, 2.05) is 6.92 Å².